The first-order valence-corrected chi connectivity index (χ1v) is 11.7. The second kappa shape index (κ2) is 8.52. The first kappa shape index (κ1) is 25.3. The van der Waals surface area contributed by atoms with E-state index in [0.717, 1.165) is 46.2 Å². The standard InChI is InChI=1S/C29H44O2/c1-12-29(10,11)17-22(20-13-18(2)15-23(25(20)30)27(4,5)6)21-14-19(3)16-24(26(21)31)28(7,8)9/h13-16,22,30-31H,12,17H2,1-11H3. The molecular weight excluding hydrogens is 380 g/mol. The zero-order valence-corrected chi connectivity index (χ0v) is 21.7. The van der Waals surface area contributed by atoms with Crippen LogP contribution in [0.15, 0.2) is 24.3 Å². The Hall–Kier alpha value is -1.96. The monoisotopic (exact) mass is 424 g/mol. The van der Waals surface area contributed by atoms with Crippen LogP contribution in [0.5, 0.6) is 11.5 Å². The van der Waals surface area contributed by atoms with E-state index in [2.05, 4.69) is 100 Å². The molecule has 0 saturated carbocycles. The van der Waals surface area contributed by atoms with Gasteiger partial charge in [0, 0.05) is 17.0 Å². The van der Waals surface area contributed by atoms with Gasteiger partial charge in [-0.3, -0.25) is 0 Å². The lowest BCUT2D eigenvalue weighted by molar-refractivity contribution is 0.300. The molecule has 0 atom stereocenters. The maximum absolute atomic E-state index is 11.5. The normalized spacial score (nSPS) is 13.2. The molecule has 2 heteroatoms. The van der Waals surface area contributed by atoms with Crippen molar-refractivity contribution in [3.05, 3.63) is 57.6 Å². The van der Waals surface area contributed by atoms with Crippen molar-refractivity contribution in [2.24, 2.45) is 5.41 Å². The summed E-state index contributed by atoms with van der Waals surface area (Å²) in [5.74, 6) is 0.651. The number of benzene rings is 2. The van der Waals surface area contributed by atoms with E-state index in [-0.39, 0.29) is 22.2 Å². The summed E-state index contributed by atoms with van der Waals surface area (Å²) in [6.07, 6.45) is 1.88. The average molecular weight is 425 g/mol. The Balaban J connectivity index is 2.88. The Labute approximate surface area is 190 Å². The second-order valence-corrected chi connectivity index (χ2v) is 12.3. The molecule has 0 radical (unpaired) electrons. The van der Waals surface area contributed by atoms with Crippen molar-refractivity contribution in [3.8, 4) is 11.5 Å². The van der Waals surface area contributed by atoms with Crippen LogP contribution in [0, 0.1) is 19.3 Å². The third-order valence-corrected chi connectivity index (χ3v) is 6.65. The van der Waals surface area contributed by atoms with Crippen LogP contribution in [0.4, 0.5) is 0 Å². The fraction of sp³-hybridized carbons (Fsp3) is 0.586. The van der Waals surface area contributed by atoms with Gasteiger partial charge in [0.05, 0.1) is 0 Å². The molecule has 31 heavy (non-hydrogen) atoms. The summed E-state index contributed by atoms with van der Waals surface area (Å²) < 4.78 is 0. The molecule has 0 spiro atoms. The molecule has 2 nitrogen and oxygen atoms in total. The predicted molar refractivity (Wildman–Crippen MR) is 134 cm³/mol. The van der Waals surface area contributed by atoms with Gasteiger partial charge in [-0.25, -0.2) is 0 Å². The van der Waals surface area contributed by atoms with Crippen LogP contribution in [0.25, 0.3) is 0 Å². The highest BCUT2D eigenvalue weighted by atomic mass is 16.3. The van der Waals surface area contributed by atoms with Crippen LogP contribution < -0.4 is 0 Å². The van der Waals surface area contributed by atoms with Gasteiger partial charge in [-0.15, -0.1) is 0 Å². The van der Waals surface area contributed by atoms with Gasteiger partial charge in [0.1, 0.15) is 11.5 Å². The van der Waals surface area contributed by atoms with Crippen LogP contribution >= 0.6 is 0 Å². The third-order valence-electron chi connectivity index (χ3n) is 6.65. The number of aromatic hydroxyl groups is 2. The molecule has 0 aromatic heterocycles. The van der Waals surface area contributed by atoms with E-state index in [9.17, 15) is 10.2 Å². The smallest absolute Gasteiger partial charge is 0.123 e. The van der Waals surface area contributed by atoms with E-state index in [4.69, 9.17) is 0 Å². The fourth-order valence-corrected chi connectivity index (χ4v) is 4.37. The Bertz CT molecular complexity index is 867. The summed E-state index contributed by atoms with van der Waals surface area (Å²) in [5.41, 5.74) is 5.79. The van der Waals surface area contributed by atoms with Gasteiger partial charge in [-0.05, 0) is 47.6 Å². The minimum Gasteiger partial charge on any atom is -0.507 e. The van der Waals surface area contributed by atoms with E-state index >= 15 is 0 Å². The Morgan fingerprint density at radius 3 is 1.32 bits per heavy atom. The van der Waals surface area contributed by atoms with Crippen LogP contribution in [0.1, 0.15) is 114 Å². The summed E-state index contributed by atoms with van der Waals surface area (Å²) >= 11 is 0. The summed E-state index contributed by atoms with van der Waals surface area (Å²) in [7, 11) is 0. The fourth-order valence-electron chi connectivity index (χ4n) is 4.37. The molecule has 2 N–H and O–H groups in total. The Morgan fingerprint density at radius 1 is 0.677 bits per heavy atom. The summed E-state index contributed by atoms with van der Waals surface area (Å²) in [6.45, 7) is 23.8. The minimum absolute atomic E-state index is 0.0703. The predicted octanol–water partition coefficient (Wildman–Crippen LogP) is 8.27. The van der Waals surface area contributed by atoms with Crippen molar-refractivity contribution in [2.45, 2.75) is 106 Å². The maximum atomic E-state index is 11.5. The zero-order valence-electron chi connectivity index (χ0n) is 21.7. The van der Waals surface area contributed by atoms with Gasteiger partial charge < -0.3 is 10.2 Å². The number of hydrogen-bond donors (Lipinski definition) is 2. The van der Waals surface area contributed by atoms with Crippen molar-refractivity contribution >= 4 is 0 Å². The number of hydrogen-bond acceptors (Lipinski definition) is 2. The zero-order chi connectivity index (χ0) is 23.9. The van der Waals surface area contributed by atoms with Crippen LogP contribution in [0.3, 0.4) is 0 Å². The number of phenolic OH excluding ortho intramolecular Hbond substituents is 2. The van der Waals surface area contributed by atoms with Gasteiger partial charge >= 0.3 is 0 Å². The average Bonchev–Trinajstić information content (AvgIpc) is 2.61. The lowest BCUT2D eigenvalue weighted by Crippen LogP contribution is -2.19. The molecule has 0 aliphatic rings. The van der Waals surface area contributed by atoms with E-state index in [0.29, 0.717) is 11.5 Å². The highest BCUT2D eigenvalue weighted by Crippen LogP contribution is 2.48. The van der Waals surface area contributed by atoms with Crippen molar-refractivity contribution in [2.75, 3.05) is 0 Å². The quantitative estimate of drug-likeness (QED) is 0.507. The van der Waals surface area contributed by atoms with E-state index < -0.39 is 0 Å². The van der Waals surface area contributed by atoms with Gasteiger partial charge in [0.15, 0.2) is 0 Å². The second-order valence-electron chi connectivity index (χ2n) is 12.3. The van der Waals surface area contributed by atoms with Gasteiger partial charge in [-0.2, -0.15) is 0 Å². The van der Waals surface area contributed by atoms with E-state index in [1.807, 2.05) is 0 Å². The van der Waals surface area contributed by atoms with Crippen molar-refractivity contribution < 1.29 is 10.2 Å². The number of aryl methyl sites for hydroxylation is 2. The molecule has 0 amide bonds. The molecule has 2 aromatic carbocycles. The van der Waals surface area contributed by atoms with Crippen LogP contribution in [-0.2, 0) is 10.8 Å². The lowest BCUT2D eigenvalue weighted by Gasteiger charge is -2.33. The molecule has 0 unspecified atom stereocenters. The summed E-state index contributed by atoms with van der Waals surface area (Å²) in [4.78, 5) is 0. The van der Waals surface area contributed by atoms with E-state index in [1.165, 1.54) is 0 Å². The third kappa shape index (κ3) is 5.64. The molecule has 0 aliphatic heterocycles. The van der Waals surface area contributed by atoms with Crippen molar-refractivity contribution in [3.63, 3.8) is 0 Å². The van der Waals surface area contributed by atoms with Gasteiger partial charge in [-0.1, -0.05) is 104 Å². The van der Waals surface area contributed by atoms with Crippen molar-refractivity contribution in [1.29, 1.82) is 0 Å². The SMILES string of the molecule is CCC(C)(C)CC(c1cc(C)cc(C(C)(C)C)c1O)c1cc(C)cc(C(C)(C)C)c1O. The summed E-state index contributed by atoms with van der Waals surface area (Å²) in [5, 5.41) is 22.9. The van der Waals surface area contributed by atoms with Crippen LogP contribution in [0.2, 0.25) is 0 Å². The topological polar surface area (TPSA) is 40.5 Å². The van der Waals surface area contributed by atoms with Gasteiger partial charge in [0.25, 0.3) is 0 Å². The Kier molecular flexibility index (Phi) is 6.96. The largest absolute Gasteiger partial charge is 0.507 e. The molecule has 2 rings (SSSR count). The summed E-state index contributed by atoms with van der Waals surface area (Å²) in [6, 6.07) is 8.41. The first-order chi connectivity index (χ1) is 14.0. The number of phenols is 2. The van der Waals surface area contributed by atoms with Crippen LogP contribution in [-0.4, -0.2) is 10.2 Å². The van der Waals surface area contributed by atoms with Gasteiger partial charge in [0.2, 0.25) is 0 Å². The maximum Gasteiger partial charge on any atom is 0.123 e. The highest BCUT2D eigenvalue weighted by molar-refractivity contribution is 5.56. The lowest BCUT2D eigenvalue weighted by atomic mass is 9.72. The molecular formula is C29H44O2. The molecule has 2 aromatic rings. The molecule has 0 fully saturated rings. The molecule has 0 aliphatic carbocycles. The number of rotatable bonds is 5. The van der Waals surface area contributed by atoms with E-state index in [1.54, 1.807) is 0 Å². The molecule has 172 valence electrons. The molecule has 0 heterocycles. The Morgan fingerprint density at radius 2 is 1.03 bits per heavy atom. The van der Waals surface area contributed by atoms with Crippen molar-refractivity contribution in [1.82, 2.24) is 0 Å². The molecule has 0 saturated heterocycles. The highest BCUT2D eigenvalue weighted by Gasteiger charge is 2.32. The molecule has 0 bridgehead atoms. The first-order valence-electron chi connectivity index (χ1n) is 11.7. The minimum atomic E-state index is -0.166.